The zero-order chi connectivity index (χ0) is 19.5. The minimum Gasteiger partial charge on any atom is -0.492 e. The van der Waals surface area contributed by atoms with Crippen molar-refractivity contribution < 1.29 is 20.5 Å². The fourth-order valence-electron chi connectivity index (χ4n) is 3.68. The van der Waals surface area contributed by atoms with Crippen molar-refractivity contribution in [1.29, 1.82) is 0 Å². The van der Waals surface area contributed by atoms with Crippen molar-refractivity contribution in [3.05, 3.63) is 42.1 Å². The van der Waals surface area contributed by atoms with Gasteiger partial charge in [0.2, 0.25) is 5.88 Å². The Balaban J connectivity index is 0.00000205. The molecule has 2 aromatic rings. The van der Waals surface area contributed by atoms with Gasteiger partial charge in [-0.3, -0.25) is 9.59 Å². The summed E-state index contributed by atoms with van der Waals surface area (Å²) in [6, 6.07) is 9.07. The van der Waals surface area contributed by atoms with E-state index in [1.165, 1.54) is 6.20 Å². The molecular weight excluding hydrogens is 356 g/mol. The van der Waals surface area contributed by atoms with Crippen LogP contribution in [0.4, 0.5) is 5.69 Å². The number of amides is 2. The zero-order valence-electron chi connectivity index (χ0n) is 15.6. The van der Waals surface area contributed by atoms with Crippen LogP contribution in [0.2, 0.25) is 0 Å². The van der Waals surface area contributed by atoms with Gasteiger partial charge in [-0.1, -0.05) is 12.0 Å². The highest BCUT2D eigenvalue weighted by Gasteiger charge is 2.52. The number of nitrogens with zero attached hydrogens (tertiary/aromatic N) is 2. The first kappa shape index (κ1) is 16.8. The molecule has 2 amide bonds. The lowest BCUT2D eigenvalue weighted by atomic mass is 9.90. The summed E-state index contributed by atoms with van der Waals surface area (Å²) < 4.78 is 11.8. The Bertz CT molecular complexity index is 1080. The van der Waals surface area contributed by atoms with E-state index in [1.54, 1.807) is 26.0 Å². The second-order valence-corrected chi connectivity index (χ2v) is 7.98. The van der Waals surface area contributed by atoms with Gasteiger partial charge in [0, 0.05) is 18.5 Å². The average molecular weight is 376 g/mol. The van der Waals surface area contributed by atoms with E-state index in [4.69, 9.17) is 9.47 Å². The van der Waals surface area contributed by atoms with Gasteiger partial charge in [-0.2, -0.15) is 0 Å². The molecule has 142 valence electrons. The van der Waals surface area contributed by atoms with Crippen LogP contribution in [0.25, 0.3) is 0 Å². The number of aromatic nitrogens is 1. The number of anilines is 1. The monoisotopic (exact) mass is 376 g/mol. The summed E-state index contributed by atoms with van der Waals surface area (Å²) in [5.41, 5.74) is 0.665. The SMILES string of the molecule is CC1(C)C#CC(=O)N(c2ccc(Oc3cccc4c3C3(CC3)CO4)nc2)C1=O.[HH]. The highest BCUT2D eigenvalue weighted by atomic mass is 16.5. The van der Waals surface area contributed by atoms with Gasteiger partial charge in [0.1, 0.15) is 16.9 Å². The van der Waals surface area contributed by atoms with Crippen LogP contribution in [-0.2, 0) is 15.0 Å². The average Bonchev–Trinajstić information content (AvgIpc) is 3.36. The third-order valence-corrected chi connectivity index (χ3v) is 5.49. The lowest BCUT2D eigenvalue weighted by molar-refractivity contribution is -0.128. The molecule has 1 saturated carbocycles. The van der Waals surface area contributed by atoms with E-state index >= 15 is 0 Å². The van der Waals surface area contributed by atoms with Crippen molar-refractivity contribution in [3.8, 4) is 29.2 Å². The van der Waals surface area contributed by atoms with Crippen LogP contribution in [0, 0.1) is 17.3 Å². The smallest absolute Gasteiger partial charge is 0.309 e. The second kappa shape index (κ2) is 5.59. The van der Waals surface area contributed by atoms with Gasteiger partial charge in [-0.15, -0.1) is 0 Å². The summed E-state index contributed by atoms with van der Waals surface area (Å²) in [5, 5.41) is 0. The standard InChI is InChI=1S/C22H18N2O4.H2/c1-21(2)9-8-18(25)24(20(21)26)14-6-7-17(23-12-14)28-16-5-3-4-15-19(16)22(10-11-22)13-27-15;/h3-7,12H,10-11,13H2,1-2H3;1H. The Morgan fingerprint density at radius 2 is 2.04 bits per heavy atom. The summed E-state index contributed by atoms with van der Waals surface area (Å²) in [6.07, 6.45) is 3.66. The van der Waals surface area contributed by atoms with Gasteiger partial charge in [0.15, 0.2) is 0 Å². The van der Waals surface area contributed by atoms with Crippen molar-refractivity contribution in [1.82, 2.24) is 4.98 Å². The molecule has 6 heteroatoms. The van der Waals surface area contributed by atoms with Crippen LogP contribution in [0.15, 0.2) is 36.5 Å². The van der Waals surface area contributed by atoms with E-state index in [9.17, 15) is 9.59 Å². The lowest BCUT2D eigenvalue weighted by Gasteiger charge is -2.28. The van der Waals surface area contributed by atoms with Gasteiger partial charge in [0.25, 0.3) is 5.91 Å². The molecule has 2 aliphatic heterocycles. The van der Waals surface area contributed by atoms with E-state index in [0.29, 0.717) is 18.2 Å². The van der Waals surface area contributed by atoms with Crippen molar-refractivity contribution >= 4 is 17.5 Å². The summed E-state index contributed by atoms with van der Waals surface area (Å²) in [4.78, 5) is 30.1. The maximum Gasteiger partial charge on any atom is 0.309 e. The van der Waals surface area contributed by atoms with E-state index in [1.807, 2.05) is 18.2 Å². The van der Waals surface area contributed by atoms with Crippen LogP contribution in [0.3, 0.4) is 0 Å². The zero-order valence-corrected chi connectivity index (χ0v) is 15.6. The van der Waals surface area contributed by atoms with Gasteiger partial charge in [0.05, 0.1) is 18.5 Å². The summed E-state index contributed by atoms with van der Waals surface area (Å²) in [6.45, 7) is 4.09. The molecule has 6 nitrogen and oxygen atoms in total. The topological polar surface area (TPSA) is 68.7 Å². The number of hydrogen-bond acceptors (Lipinski definition) is 5. The molecular formula is C22H20N2O4. The van der Waals surface area contributed by atoms with Gasteiger partial charge < -0.3 is 9.47 Å². The molecule has 0 N–H and O–H groups in total. The number of fused-ring (bicyclic) bond motifs is 2. The third-order valence-electron chi connectivity index (χ3n) is 5.49. The first-order valence-corrected chi connectivity index (χ1v) is 9.22. The van der Waals surface area contributed by atoms with Crippen LogP contribution < -0.4 is 14.4 Å². The Morgan fingerprint density at radius 3 is 2.75 bits per heavy atom. The summed E-state index contributed by atoms with van der Waals surface area (Å²) in [5.74, 6) is 6.28. The summed E-state index contributed by atoms with van der Waals surface area (Å²) in [7, 11) is 0. The second-order valence-electron chi connectivity index (χ2n) is 7.98. The predicted octanol–water partition coefficient (Wildman–Crippen LogP) is 3.45. The maximum atomic E-state index is 12.6. The van der Waals surface area contributed by atoms with Crippen molar-refractivity contribution in [2.75, 3.05) is 11.5 Å². The van der Waals surface area contributed by atoms with Crippen LogP contribution in [0.5, 0.6) is 17.4 Å². The van der Waals surface area contributed by atoms with Crippen molar-refractivity contribution in [2.45, 2.75) is 32.1 Å². The molecule has 1 spiro atoms. The molecule has 3 aliphatic rings. The van der Waals surface area contributed by atoms with Gasteiger partial charge >= 0.3 is 5.91 Å². The molecule has 0 radical (unpaired) electrons. The molecule has 0 unspecified atom stereocenters. The summed E-state index contributed by atoms with van der Waals surface area (Å²) >= 11 is 0. The lowest BCUT2D eigenvalue weighted by Crippen LogP contribution is -2.46. The highest BCUT2D eigenvalue weighted by molar-refractivity contribution is 6.25. The first-order chi connectivity index (χ1) is 13.4. The normalized spacial score (nSPS) is 20.3. The van der Waals surface area contributed by atoms with Gasteiger partial charge in [-0.25, -0.2) is 9.88 Å². The molecule has 5 rings (SSSR count). The molecule has 0 atom stereocenters. The van der Waals surface area contributed by atoms with Crippen molar-refractivity contribution in [3.63, 3.8) is 0 Å². The minimum atomic E-state index is -0.910. The molecule has 1 aliphatic carbocycles. The number of carbonyl (C=O) groups is 2. The molecule has 0 saturated heterocycles. The molecule has 3 heterocycles. The molecule has 28 heavy (non-hydrogen) atoms. The van der Waals surface area contributed by atoms with E-state index in [2.05, 4.69) is 16.8 Å². The fourth-order valence-corrected chi connectivity index (χ4v) is 3.68. The Kier molecular flexibility index (Phi) is 3.35. The largest absolute Gasteiger partial charge is 0.492 e. The molecule has 1 fully saturated rings. The highest BCUT2D eigenvalue weighted by Crippen LogP contribution is 2.58. The molecule has 1 aromatic heterocycles. The number of carbonyl (C=O) groups excluding carboxylic acids is 2. The maximum absolute atomic E-state index is 12.6. The number of rotatable bonds is 3. The Labute approximate surface area is 163 Å². The van der Waals surface area contributed by atoms with Crippen molar-refractivity contribution in [2.24, 2.45) is 5.41 Å². The number of imide groups is 1. The minimum absolute atomic E-state index is 0. The van der Waals surface area contributed by atoms with E-state index in [0.717, 1.165) is 34.8 Å². The quantitative estimate of drug-likeness (QED) is 0.606. The first-order valence-electron chi connectivity index (χ1n) is 9.22. The molecule has 0 bridgehead atoms. The van der Waals surface area contributed by atoms with Crippen LogP contribution >= 0.6 is 0 Å². The number of hydrogen-bond donors (Lipinski definition) is 0. The molecule has 1 aromatic carbocycles. The number of ether oxygens (including phenoxy) is 2. The van der Waals surface area contributed by atoms with Crippen LogP contribution in [0.1, 0.15) is 33.7 Å². The van der Waals surface area contributed by atoms with Crippen LogP contribution in [-0.4, -0.2) is 23.4 Å². The Morgan fingerprint density at radius 1 is 1.21 bits per heavy atom. The van der Waals surface area contributed by atoms with E-state index < -0.39 is 11.3 Å². The fraction of sp³-hybridized carbons (Fsp3) is 0.318. The predicted molar refractivity (Wildman–Crippen MR) is 103 cm³/mol. The third kappa shape index (κ3) is 2.47. The Hall–Kier alpha value is -3.33. The number of pyridine rings is 1. The van der Waals surface area contributed by atoms with E-state index in [-0.39, 0.29) is 12.7 Å². The van der Waals surface area contributed by atoms with Gasteiger partial charge in [-0.05, 0) is 50.8 Å². The number of benzene rings is 1.